The summed E-state index contributed by atoms with van der Waals surface area (Å²) in [7, 11) is 0. The van der Waals surface area contributed by atoms with E-state index in [9.17, 15) is 4.79 Å². The van der Waals surface area contributed by atoms with E-state index < -0.39 is 5.24 Å². The van der Waals surface area contributed by atoms with Gasteiger partial charge in [-0.05, 0) is 11.6 Å². The smallest absolute Gasteiger partial charge is 0.289 e. The van der Waals surface area contributed by atoms with Crippen LogP contribution in [0.5, 0.6) is 0 Å². The number of oxazole rings is 1. The topological polar surface area (TPSA) is 43.1 Å². The van der Waals surface area contributed by atoms with Crippen molar-refractivity contribution in [3.63, 3.8) is 0 Å². The largest absolute Gasteiger partial charge is 0.439 e. The molecular formula is C8H10ClNO2. The van der Waals surface area contributed by atoms with Crippen LogP contribution in [0.2, 0.25) is 0 Å². The molecule has 1 aromatic rings. The van der Waals surface area contributed by atoms with Gasteiger partial charge >= 0.3 is 0 Å². The van der Waals surface area contributed by atoms with E-state index in [4.69, 9.17) is 16.0 Å². The van der Waals surface area contributed by atoms with Crippen molar-refractivity contribution >= 4 is 16.8 Å². The van der Waals surface area contributed by atoms with Gasteiger partial charge in [0.25, 0.3) is 5.24 Å². The molecule has 1 rings (SSSR count). The summed E-state index contributed by atoms with van der Waals surface area (Å²) in [5.41, 5.74) is 0.384. The molecule has 66 valence electrons. The van der Waals surface area contributed by atoms with Crippen LogP contribution in [-0.4, -0.2) is 10.2 Å². The minimum Gasteiger partial charge on any atom is -0.439 e. The fourth-order valence-electron chi connectivity index (χ4n) is 0.920. The Hall–Kier alpha value is -0.830. The van der Waals surface area contributed by atoms with E-state index in [0.29, 0.717) is 5.69 Å². The molecule has 0 unspecified atom stereocenters. The van der Waals surface area contributed by atoms with Gasteiger partial charge in [0.1, 0.15) is 0 Å². The number of halogens is 1. The maximum absolute atomic E-state index is 10.8. The molecule has 1 aromatic heterocycles. The van der Waals surface area contributed by atoms with Crippen molar-refractivity contribution in [1.29, 1.82) is 0 Å². The van der Waals surface area contributed by atoms with E-state index >= 15 is 0 Å². The highest BCUT2D eigenvalue weighted by Gasteiger charge is 2.25. The molecule has 12 heavy (non-hydrogen) atoms. The highest BCUT2D eigenvalue weighted by molar-refractivity contribution is 6.67. The Morgan fingerprint density at radius 2 is 2.17 bits per heavy atom. The van der Waals surface area contributed by atoms with Gasteiger partial charge in [0.2, 0.25) is 5.76 Å². The van der Waals surface area contributed by atoms with Crippen LogP contribution in [0.15, 0.2) is 10.8 Å². The van der Waals surface area contributed by atoms with Crippen molar-refractivity contribution in [3.05, 3.63) is 17.8 Å². The van der Waals surface area contributed by atoms with E-state index in [0.717, 1.165) is 0 Å². The van der Waals surface area contributed by atoms with Gasteiger partial charge in [0.05, 0.1) is 5.69 Å². The Morgan fingerprint density at radius 1 is 1.58 bits per heavy atom. The molecule has 0 aliphatic carbocycles. The molecule has 0 aliphatic rings. The van der Waals surface area contributed by atoms with E-state index in [1.807, 2.05) is 20.8 Å². The zero-order chi connectivity index (χ0) is 9.35. The van der Waals surface area contributed by atoms with Crippen molar-refractivity contribution < 1.29 is 9.21 Å². The summed E-state index contributed by atoms with van der Waals surface area (Å²) in [6.45, 7) is 5.82. The van der Waals surface area contributed by atoms with Crippen LogP contribution in [0.25, 0.3) is 0 Å². The lowest BCUT2D eigenvalue weighted by atomic mass is 9.91. The van der Waals surface area contributed by atoms with Gasteiger partial charge in [-0.3, -0.25) is 4.79 Å². The van der Waals surface area contributed by atoms with Crippen molar-refractivity contribution in [1.82, 2.24) is 4.98 Å². The number of aromatic nitrogens is 1. The SMILES string of the molecule is CC(C)(C)c1ncoc1C(=O)Cl. The van der Waals surface area contributed by atoms with E-state index in [2.05, 4.69) is 4.98 Å². The van der Waals surface area contributed by atoms with Crippen molar-refractivity contribution in [2.75, 3.05) is 0 Å². The first-order valence-corrected chi connectivity index (χ1v) is 3.94. The third-order valence-corrected chi connectivity index (χ3v) is 1.63. The minimum atomic E-state index is -0.600. The van der Waals surface area contributed by atoms with Gasteiger partial charge in [0.15, 0.2) is 6.39 Å². The molecule has 0 fully saturated rings. The van der Waals surface area contributed by atoms with Crippen molar-refractivity contribution in [2.45, 2.75) is 26.2 Å². The fourth-order valence-corrected chi connectivity index (χ4v) is 1.05. The second-order valence-corrected chi connectivity index (χ2v) is 3.90. The molecule has 0 aliphatic heterocycles. The van der Waals surface area contributed by atoms with Crippen LogP contribution in [0, 0.1) is 0 Å². The molecule has 0 atom stereocenters. The van der Waals surface area contributed by atoms with E-state index in [1.54, 1.807) is 0 Å². The lowest BCUT2D eigenvalue weighted by Crippen LogP contribution is -2.15. The van der Waals surface area contributed by atoms with Crippen LogP contribution < -0.4 is 0 Å². The third kappa shape index (κ3) is 1.67. The third-order valence-electron chi connectivity index (χ3n) is 1.46. The first kappa shape index (κ1) is 9.26. The molecule has 0 radical (unpaired) electrons. The first-order valence-electron chi connectivity index (χ1n) is 3.56. The van der Waals surface area contributed by atoms with Gasteiger partial charge in [-0.15, -0.1) is 0 Å². The van der Waals surface area contributed by atoms with Gasteiger partial charge in [-0.1, -0.05) is 20.8 Å². The van der Waals surface area contributed by atoms with Crippen molar-refractivity contribution in [3.8, 4) is 0 Å². The van der Waals surface area contributed by atoms with Gasteiger partial charge in [-0.25, -0.2) is 4.98 Å². The summed E-state index contributed by atoms with van der Waals surface area (Å²) in [5.74, 6) is 0.143. The summed E-state index contributed by atoms with van der Waals surface area (Å²) < 4.78 is 4.86. The molecule has 0 aromatic carbocycles. The molecule has 3 nitrogen and oxygen atoms in total. The summed E-state index contributed by atoms with van der Waals surface area (Å²) in [6.07, 6.45) is 1.23. The molecule has 0 saturated heterocycles. The van der Waals surface area contributed by atoms with Gasteiger partial charge in [-0.2, -0.15) is 0 Å². The monoisotopic (exact) mass is 187 g/mol. The Bertz CT molecular complexity index is 298. The average Bonchev–Trinajstić information content (AvgIpc) is 2.30. The lowest BCUT2D eigenvalue weighted by Gasteiger charge is -2.14. The standard InChI is InChI=1S/C8H10ClNO2/c1-8(2,3)6-5(7(9)11)12-4-10-6/h4H,1-3H3. The Kier molecular flexibility index (Phi) is 2.24. The summed E-state index contributed by atoms with van der Waals surface area (Å²) >= 11 is 5.28. The van der Waals surface area contributed by atoms with Crippen LogP contribution in [0.3, 0.4) is 0 Å². The molecular weight excluding hydrogens is 178 g/mol. The summed E-state index contributed by atoms with van der Waals surface area (Å²) in [6, 6.07) is 0. The second-order valence-electron chi connectivity index (χ2n) is 3.55. The normalized spacial score (nSPS) is 11.7. The predicted molar refractivity (Wildman–Crippen MR) is 45.4 cm³/mol. The number of hydrogen-bond acceptors (Lipinski definition) is 3. The van der Waals surface area contributed by atoms with Gasteiger partial charge in [0, 0.05) is 5.41 Å². The minimum absolute atomic E-state index is 0.143. The van der Waals surface area contributed by atoms with Crippen LogP contribution >= 0.6 is 11.6 Å². The van der Waals surface area contributed by atoms with E-state index in [-0.39, 0.29) is 11.2 Å². The summed E-state index contributed by atoms with van der Waals surface area (Å²) in [4.78, 5) is 14.7. The zero-order valence-corrected chi connectivity index (χ0v) is 7.97. The molecule has 0 spiro atoms. The highest BCUT2D eigenvalue weighted by Crippen LogP contribution is 2.24. The molecule has 0 saturated carbocycles. The quantitative estimate of drug-likeness (QED) is 0.634. The molecule has 0 bridgehead atoms. The molecule has 0 amide bonds. The van der Waals surface area contributed by atoms with Gasteiger partial charge < -0.3 is 4.42 Å². The second kappa shape index (κ2) is 2.90. The Labute approximate surface area is 75.7 Å². The predicted octanol–water partition coefficient (Wildman–Crippen LogP) is 2.35. The van der Waals surface area contributed by atoms with Crippen LogP contribution in [0.1, 0.15) is 37.0 Å². The maximum Gasteiger partial charge on any atom is 0.289 e. The Balaban J connectivity index is 3.17. The average molecular weight is 188 g/mol. The highest BCUT2D eigenvalue weighted by atomic mass is 35.5. The first-order chi connectivity index (χ1) is 5.43. The molecule has 4 heteroatoms. The number of rotatable bonds is 1. The van der Waals surface area contributed by atoms with Crippen molar-refractivity contribution in [2.24, 2.45) is 0 Å². The number of hydrogen-bond donors (Lipinski definition) is 0. The van der Waals surface area contributed by atoms with Crippen LogP contribution in [0.4, 0.5) is 0 Å². The molecule has 0 N–H and O–H groups in total. The van der Waals surface area contributed by atoms with Crippen LogP contribution in [-0.2, 0) is 5.41 Å². The zero-order valence-electron chi connectivity index (χ0n) is 7.22. The lowest BCUT2D eigenvalue weighted by molar-refractivity contribution is 0.105. The fraction of sp³-hybridized carbons (Fsp3) is 0.500. The van der Waals surface area contributed by atoms with E-state index in [1.165, 1.54) is 6.39 Å². The number of carbonyl (C=O) groups excluding carboxylic acids is 1. The maximum atomic E-state index is 10.8. The number of nitrogens with zero attached hydrogens (tertiary/aromatic N) is 1. The Morgan fingerprint density at radius 3 is 2.50 bits per heavy atom. The molecule has 1 heterocycles. The number of carbonyl (C=O) groups is 1. The summed E-state index contributed by atoms with van der Waals surface area (Å²) in [5, 5.41) is -0.600.